The van der Waals surface area contributed by atoms with Crippen molar-refractivity contribution in [3.05, 3.63) is 75.7 Å². The zero-order valence-corrected chi connectivity index (χ0v) is 13.4. The van der Waals surface area contributed by atoms with Gasteiger partial charge < -0.3 is 0 Å². The van der Waals surface area contributed by atoms with Gasteiger partial charge in [0.15, 0.2) is 5.69 Å². The number of carbonyl (C=O) groups excluding carboxylic acids is 2. The fourth-order valence-electron chi connectivity index (χ4n) is 2.38. The number of aromatic nitrogens is 2. The first-order valence-corrected chi connectivity index (χ1v) is 7.40. The second kappa shape index (κ2) is 6.71. The van der Waals surface area contributed by atoms with Crippen LogP contribution in [0.4, 0.5) is 8.78 Å². The van der Waals surface area contributed by atoms with Crippen molar-refractivity contribution < 1.29 is 18.4 Å². The molecule has 1 aromatic heterocycles. The van der Waals surface area contributed by atoms with Crippen molar-refractivity contribution in [2.24, 2.45) is 7.05 Å². The average molecular weight is 358 g/mol. The van der Waals surface area contributed by atoms with E-state index >= 15 is 0 Å². The molecule has 0 unspecified atom stereocenters. The lowest BCUT2D eigenvalue weighted by Gasteiger charge is -2.10. The van der Waals surface area contributed by atoms with Gasteiger partial charge in [-0.1, -0.05) is 18.2 Å². The summed E-state index contributed by atoms with van der Waals surface area (Å²) < 4.78 is 27.5. The normalized spacial score (nSPS) is 10.6. The molecule has 3 aromatic rings. The Kier molecular flexibility index (Phi) is 4.44. The van der Waals surface area contributed by atoms with Crippen LogP contribution >= 0.6 is 0 Å². The summed E-state index contributed by atoms with van der Waals surface area (Å²) in [7, 11) is 1.39. The van der Waals surface area contributed by atoms with Crippen LogP contribution in [-0.2, 0) is 7.05 Å². The summed E-state index contributed by atoms with van der Waals surface area (Å²) in [5.74, 6) is -3.66. The molecule has 0 aliphatic rings. The molecule has 9 heteroatoms. The van der Waals surface area contributed by atoms with Crippen molar-refractivity contribution in [3.8, 4) is 0 Å². The molecule has 0 bridgehead atoms. The largest absolute Gasteiger partial charge is 0.290 e. The number of hydrogen-bond donors (Lipinski definition) is 2. The van der Waals surface area contributed by atoms with Crippen LogP contribution in [-0.4, -0.2) is 21.6 Å². The van der Waals surface area contributed by atoms with E-state index in [9.17, 15) is 23.2 Å². The topological polar surface area (TPSA) is 93.1 Å². The number of aryl methyl sites for hydroxylation is 1. The van der Waals surface area contributed by atoms with Gasteiger partial charge in [0.1, 0.15) is 11.6 Å². The molecule has 0 fully saturated rings. The summed E-state index contributed by atoms with van der Waals surface area (Å²) in [6.45, 7) is 0. The fraction of sp³-hybridized carbons (Fsp3) is 0.0588. The van der Waals surface area contributed by atoms with Crippen LogP contribution in [0, 0.1) is 11.6 Å². The molecular formula is C17H12F2N4O3. The Morgan fingerprint density at radius 3 is 2.35 bits per heavy atom. The van der Waals surface area contributed by atoms with E-state index in [0.29, 0.717) is 11.5 Å². The molecule has 0 aliphatic heterocycles. The first-order valence-electron chi connectivity index (χ1n) is 7.40. The third-order valence-corrected chi connectivity index (χ3v) is 3.64. The fourth-order valence-corrected chi connectivity index (χ4v) is 2.38. The minimum atomic E-state index is -1.07. The molecule has 2 amide bonds. The van der Waals surface area contributed by atoms with E-state index in [-0.39, 0.29) is 16.6 Å². The molecule has 0 saturated heterocycles. The van der Waals surface area contributed by atoms with Crippen molar-refractivity contribution in [2.75, 3.05) is 0 Å². The van der Waals surface area contributed by atoms with Crippen LogP contribution in [0.3, 0.4) is 0 Å². The van der Waals surface area contributed by atoms with Gasteiger partial charge >= 0.3 is 0 Å². The first kappa shape index (κ1) is 17.2. The van der Waals surface area contributed by atoms with Crippen molar-refractivity contribution >= 4 is 22.6 Å². The van der Waals surface area contributed by atoms with Crippen LogP contribution in [0.1, 0.15) is 20.8 Å². The number of nitrogens with one attached hydrogen (secondary N) is 2. The van der Waals surface area contributed by atoms with Gasteiger partial charge in [-0.3, -0.25) is 25.2 Å². The number of halogens is 2. The standard InChI is InChI=1S/C17H12F2N4O3/c1-23-17(26)11-5-3-2-4-10(11)14(22-23)16(25)21-20-15(24)12-7-6-9(18)8-13(12)19/h2-8H,1H3,(H,20,24)(H,21,25). The molecular weight excluding hydrogens is 346 g/mol. The lowest BCUT2D eigenvalue weighted by Crippen LogP contribution is -2.43. The molecule has 3 rings (SSSR count). The molecule has 2 aromatic carbocycles. The Morgan fingerprint density at radius 2 is 1.65 bits per heavy atom. The third-order valence-electron chi connectivity index (χ3n) is 3.64. The smallest absolute Gasteiger partial charge is 0.267 e. The number of fused-ring (bicyclic) bond motifs is 1. The number of carbonyl (C=O) groups is 2. The molecule has 132 valence electrons. The Labute approximate surface area is 145 Å². The van der Waals surface area contributed by atoms with Gasteiger partial charge in [0.2, 0.25) is 0 Å². The molecule has 0 saturated carbocycles. The minimum absolute atomic E-state index is 0.0948. The summed E-state index contributed by atoms with van der Waals surface area (Å²) in [5.41, 5.74) is 3.21. The maximum atomic E-state index is 13.6. The van der Waals surface area contributed by atoms with E-state index < -0.39 is 29.0 Å². The highest BCUT2D eigenvalue weighted by molar-refractivity contribution is 6.06. The number of rotatable bonds is 2. The van der Waals surface area contributed by atoms with Crippen LogP contribution in [0.2, 0.25) is 0 Å². The number of hydrogen-bond acceptors (Lipinski definition) is 4. The van der Waals surface area contributed by atoms with E-state index in [1.165, 1.54) is 7.05 Å². The summed E-state index contributed by atoms with van der Waals surface area (Å²) in [6, 6.07) is 8.78. The van der Waals surface area contributed by atoms with Crippen LogP contribution in [0.15, 0.2) is 47.3 Å². The molecule has 2 N–H and O–H groups in total. The second-order valence-electron chi connectivity index (χ2n) is 5.36. The van der Waals surface area contributed by atoms with Gasteiger partial charge in [-0.15, -0.1) is 0 Å². The maximum Gasteiger partial charge on any atom is 0.290 e. The quantitative estimate of drug-likeness (QED) is 0.675. The Hall–Kier alpha value is -3.62. The highest BCUT2D eigenvalue weighted by Gasteiger charge is 2.18. The number of hydrazine groups is 1. The highest BCUT2D eigenvalue weighted by atomic mass is 19.1. The van der Waals surface area contributed by atoms with Crippen molar-refractivity contribution in [3.63, 3.8) is 0 Å². The first-order chi connectivity index (χ1) is 12.4. The van der Waals surface area contributed by atoms with Gasteiger partial charge in [0, 0.05) is 18.5 Å². The number of amides is 2. The minimum Gasteiger partial charge on any atom is -0.267 e. The molecule has 1 heterocycles. The lowest BCUT2D eigenvalue weighted by atomic mass is 10.1. The van der Waals surface area contributed by atoms with E-state index in [1.54, 1.807) is 24.3 Å². The predicted octanol–water partition coefficient (Wildman–Crippen LogP) is 1.29. The summed E-state index contributed by atoms with van der Waals surface area (Å²) in [5, 5.41) is 4.48. The van der Waals surface area contributed by atoms with E-state index in [1.807, 2.05) is 5.43 Å². The Bertz CT molecular complexity index is 1100. The number of nitrogens with zero attached hydrogens (tertiary/aromatic N) is 2. The zero-order chi connectivity index (χ0) is 18.8. The molecule has 7 nitrogen and oxygen atoms in total. The van der Waals surface area contributed by atoms with Crippen molar-refractivity contribution in [1.82, 2.24) is 20.6 Å². The average Bonchev–Trinajstić information content (AvgIpc) is 2.62. The molecule has 0 radical (unpaired) electrons. The maximum absolute atomic E-state index is 13.6. The van der Waals surface area contributed by atoms with Gasteiger partial charge in [-0.25, -0.2) is 13.5 Å². The molecule has 26 heavy (non-hydrogen) atoms. The van der Waals surface area contributed by atoms with Gasteiger partial charge in [-0.05, 0) is 18.2 Å². The summed E-state index contributed by atoms with van der Waals surface area (Å²) >= 11 is 0. The molecule has 0 aliphatic carbocycles. The van der Waals surface area contributed by atoms with Crippen LogP contribution in [0.25, 0.3) is 10.8 Å². The van der Waals surface area contributed by atoms with Gasteiger partial charge in [0.25, 0.3) is 17.4 Å². The highest BCUT2D eigenvalue weighted by Crippen LogP contribution is 2.13. The van der Waals surface area contributed by atoms with Gasteiger partial charge in [-0.2, -0.15) is 5.10 Å². The van der Waals surface area contributed by atoms with Crippen molar-refractivity contribution in [1.29, 1.82) is 0 Å². The van der Waals surface area contributed by atoms with E-state index in [2.05, 4.69) is 10.5 Å². The van der Waals surface area contributed by atoms with E-state index in [4.69, 9.17) is 0 Å². The molecule has 0 spiro atoms. The van der Waals surface area contributed by atoms with Crippen molar-refractivity contribution in [2.45, 2.75) is 0 Å². The zero-order valence-electron chi connectivity index (χ0n) is 13.4. The number of benzene rings is 2. The van der Waals surface area contributed by atoms with E-state index in [0.717, 1.165) is 16.8 Å². The van der Waals surface area contributed by atoms with Crippen LogP contribution < -0.4 is 16.4 Å². The monoisotopic (exact) mass is 358 g/mol. The lowest BCUT2D eigenvalue weighted by molar-refractivity contribution is 0.0841. The predicted molar refractivity (Wildman–Crippen MR) is 88.3 cm³/mol. The third kappa shape index (κ3) is 3.14. The Morgan fingerprint density at radius 1 is 1.00 bits per heavy atom. The summed E-state index contributed by atoms with van der Waals surface area (Å²) in [4.78, 5) is 36.3. The summed E-state index contributed by atoms with van der Waals surface area (Å²) in [6.07, 6.45) is 0. The second-order valence-corrected chi connectivity index (χ2v) is 5.36. The molecule has 0 atom stereocenters. The van der Waals surface area contributed by atoms with Crippen LogP contribution in [0.5, 0.6) is 0 Å². The SMILES string of the molecule is Cn1nc(C(=O)NNC(=O)c2ccc(F)cc2F)c2ccccc2c1=O. The van der Waals surface area contributed by atoms with Gasteiger partial charge in [0.05, 0.1) is 10.9 Å². The Balaban J connectivity index is 1.85.